The lowest BCUT2D eigenvalue weighted by Gasteiger charge is -2.21. The molecular weight excluding hydrogens is 196 g/mol. The molecule has 0 rings (SSSR count). The first-order chi connectivity index (χ1) is 7.39. The Bertz CT molecular complexity index is 241. The SMILES string of the molecule is CC(C)=CCCC(C)(C=O)CCC=C(C)C. The Hall–Kier alpha value is -0.850. The summed E-state index contributed by atoms with van der Waals surface area (Å²) < 4.78 is 0. The van der Waals surface area contributed by atoms with Crippen molar-refractivity contribution in [1.29, 1.82) is 0 Å². The number of allylic oxidation sites excluding steroid dienone is 4. The smallest absolute Gasteiger partial charge is 0.125 e. The van der Waals surface area contributed by atoms with Crippen molar-refractivity contribution in [3.63, 3.8) is 0 Å². The largest absolute Gasteiger partial charge is 0.303 e. The number of carbonyl (C=O) groups is 1. The second-order valence-corrected chi connectivity index (χ2v) is 5.41. The van der Waals surface area contributed by atoms with Gasteiger partial charge in [-0.2, -0.15) is 0 Å². The van der Waals surface area contributed by atoms with Gasteiger partial charge in [-0.25, -0.2) is 0 Å². The van der Waals surface area contributed by atoms with Gasteiger partial charge in [0.25, 0.3) is 0 Å². The van der Waals surface area contributed by atoms with E-state index in [2.05, 4.69) is 46.8 Å². The molecule has 0 radical (unpaired) electrons. The third kappa shape index (κ3) is 7.44. The third-order valence-corrected chi connectivity index (χ3v) is 2.82. The summed E-state index contributed by atoms with van der Waals surface area (Å²) in [6, 6.07) is 0. The molecule has 16 heavy (non-hydrogen) atoms. The minimum Gasteiger partial charge on any atom is -0.303 e. The number of hydrogen-bond donors (Lipinski definition) is 0. The van der Waals surface area contributed by atoms with E-state index in [9.17, 15) is 4.79 Å². The van der Waals surface area contributed by atoms with Crippen LogP contribution in [0.4, 0.5) is 0 Å². The van der Waals surface area contributed by atoms with Crippen molar-refractivity contribution in [1.82, 2.24) is 0 Å². The highest BCUT2D eigenvalue weighted by atomic mass is 16.1. The van der Waals surface area contributed by atoms with Crippen LogP contribution in [0, 0.1) is 5.41 Å². The molecule has 0 aliphatic heterocycles. The quantitative estimate of drug-likeness (QED) is 0.451. The molecule has 1 heteroatoms. The van der Waals surface area contributed by atoms with E-state index in [1.807, 2.05) is 0 Å². The fourth-order valence-electron chi connectivity index (χ4n) is 1.62. The normalized spacial score (nSPS) is 10.8. The van der Waals surface area contributed by atoms with E-state index in [0.29, 0.717) is 0 Å². The van der Waals surface area contributed by atoms with E-state index in [1.54, 1.807) is 0 Å². The number of carbonyl (C=O) groups excluding carboxylic acids is 1. The summed E-state index contributed by atoms with van der Waals surface area (Å²) in [4.78, 5) is 11.1. The van der Waals surface area contributed by atoms with E-state index < -0.39 is 0 Å². The molecule has 0 bridgehead atoms. The van der Waals surface area contributed by atoms with Crippen LogP contribution in [0.25, 0.3) is 0 Å². The molecule has 0 fully saturated rings. The molecule has 0 aliphatic carbocycles. The molecule has 0 aromatic rings. The van der Waals surface area contributed by atoms with E-state index in [0.717, 1.165) is 32.0 Å². The lowest BCUT2D eigenvalue weighted by atomic mass is 9.82. The van der Waals surface area contributed by atoms with Crippen LogP contribution in [0.2, 0.25) is 0 Å². The predicted octanol–water partition coefficient (Wildman–Crippen LogP) is 4.68. The molecule has 0 unspecified atom stereocenters. The Morgan fingerprint density at radius 2 is 1.31 bits per heavy atom. The molecule has 0 atom stereocenters. The molecular formula is C15H26O. The van der Waals surface area contributed by atoms with Crippen molar-refractivity contribution in [3.05, 3.63) is 23.3 Å². The Morgan fingerprint density at radius 1 is 0.938 bits per heavy atom. The van der Waals surface area contributed by atoms with Crippen molar-refractivity contribution < 1.29 is 4.79 Å². The fourth-order valence-corrected chi connectivity index (χ4v) is 1.62. The highest BCUT2D eigenvalue weighted by molar-refractivity contribution is 5.58. The van der Waals surface area contributed by atoms with Crippen LogP contribution >= 0.6 is 0 Å². The average molecular weight is 222 g/mol. The van der Waals surface area contributed by atoms with Gasteiger partial charge in [0.15, 0.2) is 0 Å². The summed E-state index contributed by atoms with van der Waals surface area (Å²) in [6.45, 7) is 10.5. The molecule has 0 aromatic carbocycles. The van der Waals surface area contributed by atoms with Gasteiger partial charge in [-0.3, -0.25) is 0 Å². The van der Waals surface area contributed by atoms with Crippen LogP contribution in [0.5, 0.6) is 0 Å². The van der Waals surface area contributed by atoms with Crippen molar-refractivity contribution in [2.75, 3.05) is 0 Å². The van der Waals surface area contributed by atoms with Gasteiger partial charge in [0.05, 0.1) is 0 Å². The van der Waals surface area contributed by atoms with Crippen LogP contribution in [0.1, 0.15) is 60.3 Å². The lowest BCUT2D eigenvalue weighted by Crippen LogP contribution is -2.17. The summed E-state index contributed by atoms with van der Waals surface area (Å²) in [6.07, 6.45) is 9.48. The van der Waals surface area contributed by atoms with E-state index in [-0.39, 0.29) is 5.41 Å². The van der Waals surface area contributed by atoms with Crippen LogP contribution in [-0.2, 0) is 4.79 Å². The van der Waals surface area contributed by atoms with E-state index >= 15 is 0 Å². The Labute approximate surface area is 101 Å². The number of rotatable bonds is 7. The monoisotopic (exact) mass is 222 g/mol. The van der Waals surface area contributed by atoms with Gasteiger partial charge in [0.2, 0.25) is 0 Å². The van der Waals surface area contributed by atoms with Crippen LogP contribution in [0.3, 0.4) is 0 Å². The minimum atomic E-state index is -0.155. The highest BCUT2D eigenvalue weighted by Crippen LogP contribution is 2.27. The second kappa shape index (κ2) is 7.43. The van der Waals surface area contributed by atoms with Gasteiger partial charge in [-0.05, 0) is 53.4 Å². The standard InChI is InChI=1S/C15H26O/c1-13(2)8-6-10-15(5,12-16)11-7-9-14(3)4/h8-9,12H,6-7,10-11H2,1-5H3. The topological polar surface area (TPSA) is 17.1 Å². The first kappa shape index (κ1) is 15.2. The molecule has 0 spiro atoms. The zero-order chi connectivity index (χ0) is 12.6. The van der Waals surface area contributed by atoms with Crippen molar-refractivity contribution >= 4 is 6.29 Å². The van der Waals surface area contributed by atoms with Gasteiger partial charge in [-0.1, -0.05) is 30.2 Å². The zero-order valence-electron chi connectivity index (χ0n) is 11.5. The summed E-state index contributed by atoms with van der Waals surface area (Å²) >= 11 is 0. The van der Waals surface area contributed by atoms with E-state index in [4.69, 9.17) is 0 Å². The Kier molecular flexibility index (Phi) is 7.03. The van der Waals surface area contributed by atoms with Crippen molar-refractivity contribution in [2.24, 2.45) is 5.41 Å². The maximum atomic E-state index is 11.1. The summed E-state index contributed by atoms with van der Waals surface area (Å²) in [7, 11) is 0. The van der Waals surface area contributed by atoms with E-state index in [1.165, 1.54) is 11.1 Å². The molecule has 0 heterocycles. The zero-order valence-corrected chi connectivity index (χ0v) is 11.5. The maximum absolute atomic E-state index is 11.1. The van der Waals surface area contributed by atoms with Crippen LogP contribution in [-0.4, -0.2) is 6.29 Å². The highest BCUT2D eigenvalue weighted by Gasteiger charge is 2.21. The van der Waals surface area contributed by atoms with Crippen LogP contribution in [0.15, 0.2) is 23.3 Å². The van der Waals surface area contributed by atoms with Gasteiger partial charge in [0.1, 0.15) is 6.29 Å². The number of aldehydes is 1. The maximum Gasteiger partial charge on any atom is 0.125 e. The molecule has 0 N–H and O–H groups in total. The van der Waals surface area contributed by atoms with Crippen molar-refractivity contribution in [2.45, 2.75) is 60.3 Å². The third-order valence-electron chi connectivity index (χ3n) is 2.82. The molecule has 0 amide bonds. The summed E-state index contributed by atoms with van der Waals surface area (Å²) in [5.41, 5.74) is 2.51. The molecule has 0 aliphatic rings. The first-order valence-electron chi connectivity index (χ1n) is 6.13. The van der Waals surface area contributed by atoms with Gasteiger partial charge >= 0.3 is 0 Å². The average Bonchev–Trinajstić information content (AvgIpc) is 2.16. The molecule has 0 saturated carbocycles. The van der Waals surface area contributed by atoms with Crippen molar-refractivity contribution in [3.8, 4) is 0 Å². The predicted molar refractivity (Wildman–Crippen MR) is 71.5 cm³/mol. The number of hydrogen-bond acceptors (Lipinski definition) is 1. The van der Waals surface area contributed by atoms with Gasteiger partial charge < -0.3 is 4.79 Å². The summed E-state index contributed by atoms with van der Waals surface area (Å²) in [5, 5.41) is 0. The molecule has 92 valence electrons. The first-order valence-corrected chi connectivity index (χ1v) is 6.13. The molecule has 1 nitrogen and oxygen atoms in total. The minimum absolute atomic E-state index is 0.155. The Balaban J connectivity index is 4.15. The second-order valence-electron chi connectivity index (χ2n) is 5.41. The lowest BCUT2D eigenvalue weighted by molar-refractivity contribution is -0.116. The van der Waals surface area contributed by atoms with Gasteiger partial charge in [0, 0.05) is 5.41 Å². The summed E-state index contributed by atoms with van der Waals surface area (Å²) in [5.74, 6) is 0. The van der Waals surface area contributed by atoms with Crippen LogP contribution < -0.4 is 0 Å². The Morgan fingerprint density at radius 3 is 1.56 bits per heavy atom. The fraction of sp³-hybridized carbons (Fsp3) is 0.667. The molecule has 0 saturated heterocycles. The van der Waals surface area contributed by atoms with Gasteiger partial charge in [-0.15, -0.1) is 0 Å². The molecule has 0 aromatic heterocycles.